The lowest BCUT2D eigenvalue weighted by Gasteiger charge is -2.11. The molecule has 0 heterocycles. The van der Waals surface area contributed by atoms with Crippen LogP contribution in [0.15, 0.2) is 54.6 Å². The maximum Gasteiger partial charge on any atom is 0.328 e. The van der Waals surface area contributed by atoms with Gasteiger partial charge in [-0.1, -0.05) is 42.8 Å². The van der Waals surface area contributed by atoms with Crippen molar-refractivity contribution in [1.82, 2.24) is 0 Å². The fourth-order valence-electron chi connectivity index (χ4n) is 2.09. The van der Waals surface area contributed by atoms with Gasteiger partial charge in [0.1, 0.15) is 5.75 Å². The van der Waals surface area contributed by atoms with Gasteiger partial charge in [-0.2, -0.15) is 0 Å². The van der Waals surface area contributed by atoms with E-state index >= 15 is 0 Å². The third-order valence-electron chi connectivity index (χ3n) is 3.02. The Bertz CT molecular complexity index is 692. The van der Waals surface area contributed by atoms with E-state index in [1.807, 2.05) is 37.3 Å². The Morgan fingerprint density at radius 3 is 2.50 bits per heavy atom. The van der Waals surface area contributed by atoms with Crippen molar-refractivity contribution in [1.29, 1.82) is 0 Å². The van der Waals surface area contributed by atoms with Gasteiger partial charge in [0.15, 0.2) is 0 Å². The minimum atomic E-state index is -1.00. The fraction of sp³-hybridized carbons (Fsp3) is 0.167. The van der Waals surface area contributed by atoms with Crippen molar-refractivity contribution >= 4 is 23.1 Å². The molecule has 0 saturated heterocycles. The van der Waals surface area contributed by atoms with Crippen LogP contribution in [0.5, 0.6) is 5.75 Å². The van der Waals surface area contributed by atoms with Crippen LogP contribution in [0, 0.1) is 0 Å². The molecule has 1 N–H and O–H groups in total. The lowest BCUT2D eigenvalue weighted by Crippen LogP contribution is -1.98. The summed E-state index contributed by atoms with van der Waals surface area (Å²) in [5, 5.41) is 9.71. The van der Waals surface area contributed by atoms with Crippen molar-refractivity contribution in [2.45, 2.75) is 13.3 Å². The molecule has 0 bridgehead atoms. The number of hydrogen-bond acceptors (Lipinski definition) is 2. The largest absolute Gasteiger partial charge is 0.494 e. The maximum atomic E-state index is 11.2. The van der Waals surface area contributed by atoms with Gasteiger partial charge in [0.2, 0.25) is 0 Å². The van der Waals surface area contributed by atoms with Crippen LogP contribution >= 0.6 is 11.6 Å². The molecule has 0 atom stereocenters. The lowest BCUT2D eigenvalue weighted by molar-refractivity contribution is -0.131. The Balaban J connectivity index is 2.44. The van der Waals surface area contributed by atoms with Gasteiger partial charge in [-0.05, 0) is 47.4 Å². The number of hydrogen-bond donors (Lipinski definition) is 1. The number of carboxylic acids is 1. The predicted molar refractivity (Wildman–Crippen MR) is 88.4 cm³/mol. The van der Waals surface area contributed by atoms with Gasteiger partial charge in [0, 0.05) is 11.1 Å². The van der Waals surface area contributed by atoms with E-state index in [2.05, 4.69) is 0 Å². The summed E-state index contributed by atoms with van der Waals surface area (Å²) in [6, 6.07) is 14.5. The molecule has 0 spiro atoms. The van der Waals surface area contributed by atoms with Crippen LogP contribution < -0.4 is 4.74 Å². The number of rotatable bonds is 6. The lowest BCUT2D eigenvalue weighted by atomic mass is 9.97. The minimum Gasteiger partial charge on any atom is -0.494 e. The van der Waals surface area contributed by atoms with Crippen molar-refractivity contribution in [3.05, 3.63) is 70.8 Å². The topological polar surface area (TPSA) is 46.5 Å². The van der Waals surface area contributed by atoms with E-state index in [-0.39, 0.29) is 0 Å². The highest BCUT2D eigenvalue weighted by Crippen LogP contribution is 2.28. The summed E-state index contributed by atoms with van der Waals surface area (Å²) in [6.45, 7) is 2.66. The van der Waals surface area contributed by atoms with Crippen molar-refractivity contribution < 1.29 is 14.6 Å². The predicted octanol–water partition coefficient (Wildman–Crippen LogP) is 4.65. The molecule has 2 aromatic carbocycles. The summed E-state index contributed by atoms with van der Waals surface area (Å²) in [7, 11) is 0. The summed E-state index contributed by atoms with van der Waals surface area (Å²) in [4.78, 5) is 11.2. The average Bonchev–Trinajstić information content (AvgIpc) is 2.50. The molecule has 0 aliphatic carbocycles. The Labute approximate surface area is 134 Å². The molecule has 0 aromatic heterocycles. The number of benzene rings is 2. The highest BCUT2D eigenvalue weighted by atomic mass is 35.5. The Hall–Kier alpha value is -2.26. The van der Waals surface area contributed by atoms with Crippen LogP contribution in [0.1, 0.15) is 24.5 Å². The van der Waals surface area contributed by atoms with Crippen LogP contribution in [0.2, 0.25) is 5.02 Å². The Morgan fingerprint density at radius 2 is 1.86 bits per heavy atom. The van der Waals surface area contributed by atoms with E-state index in [1.54, 1.807) is 18.2 Å². The monoisotopic (exact) mass is 316 g/mol. The molecule has 0 fully saturated rings. The zero-order chi connectivity index (χ0) is 15.9. The zero-order valence-electron chi connectivity index (χ0n) is 12.3. The number of ether oxygens (including phenoxy) is 1. The first-order valence-electron chi connectivity index (χ1n) is 7.04. The van der Waals surface area contributed by atoms with Gasteiger partial charge >= 0.3 is 5.97 Å². The van der Waals surface area contributed by atoms with Gasteiger partial charge in [0.25, 0.3) is 0 Å². The number of carboxylic acid groups (broad SMARTS) is 1. The van der Waals surface area contributed by atoms with Crippen LogP contribution in [-0.2, 0) is 4.79 Å². The minimum absolute atomic E-state index is 0.562. The second-order valence-corrected chi connectivity index (χ2v) is 5.22. The highest BCUT2D eigenvalue weighted by molar-refractivity contribution is 6.30. The van der Waals surface area contributed by atoms with Gasteiger partial charge < -0.3 is 9.84 Å². The standard InChI is InChI=1S/C18H17ClO3/c1-2-9-22-16-8-4-6-14(11-16)17(12-18(20)21)13-5-3-7-15(19)10-13/h3-8,10-12H,2,9H2,1H3,(H,20,21)/b17-12-. The SMILES string of the molecule is CCCOc1cccc(/C(=C\C(=O)O)c2cccc(Cl)c2)c1. The van der Waals surface area contributed by atoms with E-state index in [0.717, 1.165) is 23.3 Å². The van der Waals surface area contributed by atoms with Crippen LogP contribution in [-0.4, -0.2) is 17.7 Å². The van der Waals surface area contributed by atoms with E-state index in [0.29, 0.717) is 17.2 Å². The summed E-state index contributed by atoms with van der Waals surface area (Å²) in [5.74, 6) is -0.285. The molecule has 0 unspecified atom stereocenters. The van der Waals surface area contributed by atoms with Crippen molar-refractivity contribution in [2.75, 3.05) is 6.61 Å². The molecule has 4 heteroatoms. The molecular formula is C18H17ClO3. The van der Waals surface area contributed by atoms with Crippen LogP contribution in [0.3, 0.4) is 0 Å². The normalized spacial score (nSPS) is 11.3. The molecule has 0 radical (unpaired) electrons. The van der Waals surface area contributed by atoms with E-state index in [4.69, 9.17) is 21.4 Å². The number of halogens is 1. The first-order valence-corrected chi connectivity index (χ1v) is 7.41. The Morgan fingerprint density at radius 1 is 1.18 bits per heavy atom. The molecule has 22 heavy (non-hydrogen) atoms. The third-order valence-corrected chi connectivity index (χ3v) is 3.26. The highest BCUT2D eigenvalue weighted by Gasteiger charge is 2.09. The zero-order valence-corrected chi connectivity index (χ0v) is 13.0. The maximum absolute atomic E-state index is 11.2. The molecular weight excluding hydrogens is 300 g/mol. The van der Waals surface area contributed by atoms with Crippen LogP contribution in [0.4, 0.5) is 0 Å². The third kappa shape index (κ3) is 4.37. The molecule has 2 rings (SSSR count). The first kappa shape index (κ1) is 16.1. The summed E-state index contributed by atoms with van der Waals surface area (Å²) in [5.41, 5.74) is 2.12. The number of carbonyl (C=O) groups is 1. The molecule has 0 aliphatic rings. The molecule has 0 saturated carbocycles. The van der Waals surface area contributed by atoms with Gasteiger partial charge in [-0.25, -0.2) is 4.79 Å². The van der Waals surface area contributed by atoms with Gasteiger partial charge in [-0.15, -0.1) is 0 Å². The average molecular weight is 317 g/mol. The van der Waals surface area contributed by atoms with Crippen molar-refractivity contribution in [2.24, 2.45) is 0 Å². The Kier molecular flexibility index (Phi) is 5.61. The number of aliphatic carboxylic acids is 1. The summed E-state index contributed by atoms with van der Waals surface area (Å²) >= 11 is 6.01. The van der Waals surface area contributed by atoms with E-state index < -0.39 is 5.97 Å². The smallest absolute Gasteiger partial charge is 0.328 e. The van der Waals surface area contributed by atoms with Gasteiger partial charge in [-0.3, -0.25) is 0 Å². The van der Waals surface area contributed by atoms with Crippen molar-refractivity contribution in [3.8, 4) is 5.75 Å². The second-order valence-electron chi connectivity index (χ2n) is 4.78. The molecule has 0 amide bonds. The second kappa shape index (κ2) is 7.66. The molecule has 2 aromatic rings. The fourth-order valence-corrected chi connectivity index (χ4v) is 2.28. The molecule has 0 aliphatic heterocycles. The van der Waals surface area contributed by atoms with E-state index in [9.17, 15) is 4.79 Å². The van der Waals surface area contributed by atoms with Gasteiger partial charge in [0.05, 0.1) is 6.61 Å². The quantitative estimate of drug-likeness (QED) is 0.789. The summed E-state index contributed by atoms with van der Waals surface area (Å²) in [6.07, 6.45) is 2.10. The molecule has 3 nitrogen and oxygen atoms in total. The van der Waals surface area contributed by atoms with Crippen molar-refractivity contribution in [3.63, 3.8) is 0 Å². The van der Waals surface area contributed by atoms with E-state index in [1.165, 1.54) is 6.08 Å². The summed E-state index contributed by atoms with van der Waals surface area (Å²) < 4.78 is 5.61. The molecule has 114 valence electrons. The van der Waals surface area contributed by atoms with Crippen LogP contribution in [0.25, 0.3) is 5.57 Å². The first-order chi connectivity index (χ1) is 10.6.